The van der Waals surface area contributed by atoms with E-state index >= 15 is 0 Å². The molecule has 26 heavy (non-hydrogen) atoms. The van der Waals surface area contributed by atoms with Crippen LogP contribution in [0.5, 0.6) is 0 Å². The van der Waals surface area contributed by atoms with Crippen LogP contribution in [0.3, 0.4) is 0 Å². The van der Waals surface area contributed by atoms with E-state index < -0.39 is 0 Å². The molecular formula is C20H21ClN4O. The van der Waals surface area contributed by atoms with Crippen LogP contribution in [-0.4, -0.2) is 29.8 Å². The molecule has 1 amide bonds. The van der Waals surface area contributed by atoms with E-state index in [1.807, 2.05) is 73.6 Å². The van der Waals surface area contributed by atoms with Gasteiger partial charge in [-0.15, -0.1) is 0 Å². The Morgan fingerprint density at radius 1 is 1.12 bits per heavy atom. The minimum Gasteiger partial charge on any atom is -0.378 e. The van der Waals surface area contributed by atoms with Gasteiger partial charge in [-0.3, -0.25) is 4.79 Å². The maximum atomic E-state index is 12.6. The lowest BCUT2D eigenvalue weighted by Gasteiger charge is -2.13. The second kappa shape index (κ2) is 7.62. The predicted molar refractivity (Wildman–Crippen MR) is 105 cm³/mol. The molecule has 1 N–H and O–H groups in total. The topological polar surface area (TPSA) is 50.2 Å². The van der Waals surface area contributed by atoms with Crippen molar-refractivity contribution in [3.05, 3.63) is 76.6 Å². The third-order valence-electron chi connectivity index (χ3n) is 4.14. The highest BCUT2D eigenvalue weighted by atomic mass is 35.5. The Morgan fingerprint density at radius 3 is 2.38 bits per heavy atom. The molecule has 0 aliphatic carbocycles. The average Bonchev–Trinajstić information content (AvgIpc) is 2.95. The second-order valence-corrected chi connectivity index (χ2v) is 6.60. The third-order valence-corrected chi connectivity index (χ3v) is 4.49. The summed E-state index contributed by atoms with van der Waals surface area (Å²) < 4.78 is 1.58. The molecule has 0 aliphatic rings. The van der Waals surface area contributed by atoms with E-state index in [0.29, 0.717) is 23.0 Å². The molecule has 0 saturated carbocycles. The second-order valence-electron chi connectivity index (χ2n) is 6.24. The van der Waals surface area contributed by atoms with Crippen molar-refractivity contribution in [2.24, 2.45) is 0 Å². The van der Waals surface area contributed by atoms with Crippen LogP contribution < -0.4 is 10.2 Å². The average molecular weight is 369 g/mol. The van der Waals surface area contributed by atoms with Crippen molar-refractivity contribution in [2.75, 3.05) is 19.0 Å². The lowest BCUT2D eigenvalue weighted by molar-refractivity contribution is 0.0950. The molecule has 0 aliphatic heterocycles. The van der Waals surface area contributed by atoms with Crippen LogP contribution in [0.1, 0.15) is 21.6 Å². The molecule has 0 unspecified atom stereocenters. The summed E-state index contributed by atoms with van der Waals surface area (Å²) in [5.74, 6) is -0.230. The zero-order valence-electron chi connectivity index (χ0n) is 15.0. The summed E-state index contributed by atoms with van der Waals surface area (Å²) >= 11 is 6.43. The number of amides is 1. The van der Waals surface area contributed by atoms with Gasteiger partial charge < -0.3 is 10.2 Å². The summed E-state index contributed by atoms with van der Waals surface area (Å²) in [5.41, 5.74) is 3.95. The third kappa shape index (κ3) is 3.73. The van der Waals surface area contributed by atoms with Gasteiger partial charge in [0.05, 0.1) is 16.9 Å². The first-order valence-electron chi connectivity index (χ1n) is 8.32. The number of anilines is 1. The molecular weight excluding hydrogens is 348 g/mol. The SMILES string of the molecule is Cc1nn(-c2ccccc2)c(Cl)c1C(=O)NCc1ccc(N(C)C)cc1. The van der Waals surface area contributed by atoms with Gasteiger partial charge in [0.25, 0.3) is 5.91 Å². The van der Waals surface area contributed by atoms with Crippen LogP contribution in [0.2, 0.25) is 5.15 Å². The lowest BCUT2D eigenvalue weighted by Crippen LogP contribution is -2.23. The summed E-state index contributed by atoms with van der Waals surface area (Å²) in [6.07, 6.45) is 0. The van der Waals surface area contributed by atoms with Crippen LogP contribution in [0, 0.1) is 6.92 Å². The number of carbonyl (C=O) groups excluding carboxylic acids is 1. The highest BCUT2D eigenvalue weighted by molar-refractivity contribution is 6.33. The van der Waals surface area contributed by atoms with Gasteiger partial charge in [0.1, 0.15) is 5.15 Å². The number of nitrogens with zero attached hydrogens (tertiary/aromatic N) is 3. The van der Waals surface area contributed by atoms with Gasteiger partial charge in [-0.25, -0.2) is 4.68 Å². The predicted octanol–water partition coefficient (Wildman–Crippen LogP) is 3.83. The van der Waals surface area contributed by atoms with Crippen LogP contribution in [0.4, 0.5) is 5.69 Å². The molecule has 134 valence electrons. The highest BCUT2D eigenvalue weighted by Gasteiger charge is 2.20. The number of aryl methyl sites for hydroxylation is 1. The lowest BCUT2D eigenvalue weighted by atomic mass is 10.2. The quantitative estimate of drug-likeness (QED) is 0.744. The monoisotopic (exact) mass is 368 g/mol. The molecule has 2 aromatic carbocycles. The number of aromatic nitrogens is 2. The van der Waals surface area contributed by atoms with E-state index in [0.717, 1.165) is 16.9 Å². The first-order chi connectivity index (χ1) is 12.5. The molecule has 0 spiro atoms. The van der Waals surface area contributed by atoms with Crippen LogP contribution >= 0.6 is 11.6 Å². The van der Waals surface area contributed by atoms with E-state index in [1.54, 1.807) is 11.6 Å². The molecule has 1 heterocycles. The Hall–Kier alpha value is -2.79. The van der Waals surface area contributed by atoms with E-state index in [1.165, 1.54) is 0 Å². The largest absolute Gasteiger partial charge is 0.378 e. The van der Waals surface area contributed by atoms with Crippen molar-refractivity contribution in [1.82, 2.24) is 15.1 Å². The van der Waals surface area contributed by atoms with Gasteiger partial charge in [0.15, 0.2) is 0 Å². The van der Waals surface area contributed by atoms with Crippen LogP contribution in [-0.2, 0) is 6.54 Å². The number of benzene rings is 2. The number of hydrogen-bond acceptors (Lipinski definition) is 3. The normalized spacial score (nSPS) is 10.6. The van der Waals surface area contributed by atoms with Gasteiger partial charge in [-0.1, -0.05) is 41.9 Å². The first kappa shape index (κ1) is 18.0. The van der Waals surface area contributed by atoms with Gasteiger partial charge in [0, 0.05) is 26.3 Å². The molecule has 0 atom stereocenters. The summed E-state index contributed by atoms with van der Waals surface area (Å²) in [4.78, 5) is 14.7. The Morgan fingerprint density at radius 2 is 1.77 bits per heavy atom. The van der Waals surface area contributed by atoms with Gasteiger partial charge in [-0.2, -0.15) is 5.10 Å². The Balaban J connectivity index is 1.75. The van der Waals surface area contributed by atoms with Crippen molar-refractivity contribution >= 4 is 23.2 Å². The van der Waals surface area contributed by atoms with Crippen molar-refractivity contribution in [3.63, 3.8) is 0 Å². The first-order valence-corrected chi connectivity index (χ1v) is 8.70. The summed E-state index contributed by atoms with van der Waals surface area (Å²) in [6.45, 7) is 2.21. The fourth-order valence-corrected chi connectivity index (χ4v) is 3.04. The summed E-state index contributed by atoms with van der Waals surface area (Å²) in [7, 11) is 3.98. The minimum atomic E-state index is -0.230. The summed E-state index contributed by atoms with van der Waals surface area (Å²) in [6, 6.07) is 17.6. The number of carbonyl (C=O) groups is 1. The molecule has 3 aromatic rings. The highest BCUT2D eigenvalue weighted by Crippen LogP contribution is 2.23. The molecule has 3 rings (SSSR count). The maximum Gasteiger partial charge on any atom is 0.256 e. The van der Waals surface area contributed by atoms with E-state index in [9.17, 15) is 4.79 Å². The molecule has 1 aromatic heterocycles. The maximum absolute atomic E-state index is 12.6. The Bertz CT molecular complexity index is 902. The van der Waals surface area contributed by atoms with Crippen LogP contribution in [0.15, 0.2) is 54.6 Å². The fourth-order valence-electron chi connectivity index (χ4n) is 2.68. The Kier molecular flexibility index (Phi) is 5.28. The zero-order valence-corrected chi connectivity index (χ0v) is 15.8. The number of hydrogen-bond donors (Lipinski definition) is 1. The van der Waals surface area contributed by atoms with Crippen molar-refractivity contribution in [1.29, 1.82) is 0 Å². The van der Waals surface area contributed by atoms with Gasteiger partial charge >= 0.3 is 0 Å². The number of rotatable bonds is 5. The number of halogens is 1. The fraction of sp³-hybridized carbons (Fsp3) is 0.200. The zero-order chi connectivity index (χ0) is 18.7. The number of para-hydroxylation sites is 1. The Labute approximate surface area is 158 Å². The van der Waals surface area contributed by atoms with Gasteiger partial charge in [0.2, 0.25) is 0 Å². The minimum absolute atomic E-state index is 0.230. The molecule has 5 nitrogen and oxygen atoms in total. The standard InChI is InChI=1S/C20H21ClN4O/c1-14-18(19(21)25(23-14)17-7-5-4-6-8-17)20(26)22-13-15-9-11-16(12-10-15)24(2)3/h4-12H,13H2,1-3H3,(H,22,26). The van der Waals surface area contributed by atoms with Gasteiger partial charge in [-0.05, 0) is 36.8 Å². The molecule has 0 radical (unpaired) electrons. The molecule has 0 bridgehead atoms. The van der Waals surface area contributed by atoms with E-state index in [-0.39, 0.29) is 5.91 Å². The molecule has 0 saturated heterocycles. The van der Waals surface area contributed by atoms with E-state index in [4.69, 9.17) is 11.6 Å². The summed E-state index contributed by atoms with van der Waals surface area (Å²) in [5, 5.41) is 7.64. The van der Waals surface area contributed by atoms with Crippen molar-refractivity contribution in [2.45, 2.75) is 13.5 Å². The smallest absolute Gasteiger partial charge is 0.256 e. The molecule has 6 heteroatoms. The molecule has 0 fully saturated rings. The van der Waals surface area contributed by atoms with Crippen molar-refractivity contribution in [3.8, 4) is 5.69 Å². The number of nitrogens with one attached hydrogen (secondary N) is 1. The van der Waals surface area contributed by atoms with E-state index in [2.05, 4.69) is 10.4 Å². The van der Waals surface area contributed by atoms with Crippen molar-refractivity contribution < 1.29 is 4.79 Å². The van der Waals surface area contributed by atoms with Crippen LogP contribution in [0.25, 0.3) is 5.69 Å².